The molecule has 0 aliphatic heterocycles. The van der Waals surface area contributed by atoms with E-state index in [1.807, 2.05) is 0 Å². The van der Waals surface area contributed by atoms with Crippen LogP contribution in [-0.2, 0) is 0 Å². The molecule has 2 nitrogen and oxygen atoms in total. The van der Waals surface area contributed by atoms with Gasteiger partial charge >= 0.3 is 0 Å². The Morgan fingerprint density at radius 3 is 2.75 bits per heavy atom. The van der Waals surface area contributed by atoms with Gasteiger partial charge in [-0.05, 0) is 12.1 Å². The summed E-state index contributed by atoms with van der Waals surface area (Å²) >= 11 is 18.0. The lowest BCUT2D eigenvalue weighted by molar-refractivity contribution is 1.14. The maximum atomic E-state index is 6.14. The summed E-state index contributed by atoms with van der Waals surface area (Å²) in [6.45, 7) is 0. The molecular formula is C11H7Cl3N2. The lowest BCUT2D eigenvalue weighted by Gasteiger charge is -2.03. The molecule has 0 spiro atoms. The summed E-state index contributed by atoms with van der Waals surface area (Å²) < 4.78 is 1.74. The second-order valence-corrected chi connectivity index (χ2v) is 4.36. The summed E-state index contributed by atoms with van der Waals surface area (Å²) in [6.07, 6.45) is 6.83. The van der Waals surface area contributed by atoms with Crippen molar-refractivity contribution in [2.75, 3.05) is 0 Å². The van der Waals surface area contributed by atoms with Gasteiger partial charge in [0.15, 0.2) is 0 Å². The molecule has 1 aromatic heterocycles. The van der Waals surface area contributed by atoms with Crippen LogP contribution >= 0.6 is 34.8 Å². The fraction of sp³-hybridized carbons (Fsp3) is 0. The summed E-state index contributed by atoms with van der Waals surface area (Å²) in [5.41, 5.74) is 0.737. The number of hydrogen-bond acceptors (Lipinski definition) is 1. The Morgan fingerprint density at radius 1 is 1.31 bits per heavy atom. The Balaban J connectivity index is 2.37. The first kappa shape index (κ1) is 11.5. The van der Waals surface area contributed by atoms with E-state index < -0.39 is 0 Å². The summed E-state index contributed by atoms with van der Waals surface area (Å²) in [5.74, 6) is 0. The van der Waals surface area contributed by atoms with Crippen molar-refractivity contribution in [3.8, 4) is 0 Å². The molecule has 0 bridgehead atoms. The fourth-order valence-electron chi connectivity index (χ4n) is 1.23. The second-order valence-electron chi connectivity index (χ2n) is 3.11. The first-order valence-electron chi connectivity index (χ1n) is 4.47. The normalized spacial score (nSPS) is 11.8. The van der Waals surface area contributed by atoms with Gasteiger partial charge in [0.05, 0.1) is 16.4 Å². The molecule has 1 heterocycles. The number of imidazole rings is 1. The monoisotopic (exact) mass is 272 g/mol. The molecule has 2 rings (SSSR count). The van der Waals surface area contributed by atoms with Gasteiger partial charge in [0.2, 0.25) is 0 Å². The molecule has 0 aliphatic rings. The van der Waals surface area contributed by atoms with Crippen molar-refractivity contribution in [1.29, 1.82) is 0 Å². The van der Waals surface area contributed by atoms with Crippen molar-refractivity contribution in [2.24, 2.45) is 0 Å². The molecule has 5 heteroatoms. The molecule has 0 atom stereocenters. The standard InChI is InChI=1S/C11H7Cl3N2/c12-8-1-2-9(10(13)5-8)11(14)6-16-4-3-15-7-16/h1-7H/b11-6-. The molecule has 82 valence electrons. The number of aromatic nitrogens is 2. The minimum absolute atomic E-state index is 0.522. The van der Waals surface area contributed by atoms with Crippen molar-refractivity contribution in [2.45, 2.75) is 0 Å². The van der Waals surface area contributed by atoms with E-state index in [-0.39, 0.29) is 0 Å². The van der Waals surface area contributed by atoms with Gasteiger partial charge in [-0.3, -0.25) is 0 Å². The number of hydrogen-bond donors (Lipinski definition) is 0. The molecule has 0 N–H and O–H groups in total. The molecule has 0 radical (unpaired) electrons. The maximum absolute atomic E-state index is 6.14. The zero-order valence-electron chi connectivity index (χ0n) is 8.07. The highest BCUT2D eigenvalue weighted by atomic mass is 35.5. The predicted molar refractivity (Wildman–Crippen MR) is 68.7 cm³/mol. The van der Waals surface area contributed by atoms with Gasteiger partial charge in [0, 0.05) is 29.2 Å². The van der Waals surface area contributed by atoms with E-state index in [2.05, 4.69) is 4.98 Å². The minimum atomic E-state index is 0.522. The Hall–Kier alpha value is -0.960. The van der Waals surface area contributed by atoms with E-state index in [0.29, 0.717) is 15.1 Å². The van der Waals surface area contributed by atoms with Crippen molar-refractivity contribution >= 4 is 46.0 Å². The lowest BCUT2D eigenvalue weighted by Crippen LogP contribution is -1.84. The van der Waals surface area contributed by atoms with Gasteiger partial charge < -0.3 is 4.57 Å². The summed E-state index contributed by atoms with van der Waals surface area (Å²) in [6, 6.07) is 5.18. The summed E-state index contributed by atoms with van der Waals surface area (Å²) in [5, 5.41) is 1.63. The summed E-state index contributed by atoms with van der Waals surface area (Å²) in [7, 11) is 0. The highest BCUT2D eigenvalue weighted by Crippen LogP contribution is 2.29. The van der Waals surface area contributed by atoms with Crippen molar-refractivity contribution < 1.29 is 0 Å². The largest absolute Gasteiger partial charge is 0.312 e. The van der Waals surface area contributed by atoms with Crippen LogP contribution in [-0.4, -0.2) is 9.55 Å². The second kappa shape index (κ2) is 4.91. The van der Waals surface area contributed by atoms with E-state index in [0.717, 1.165) is 5.56 Å². The molecule has 0 aliphatic carbocycles. The van der Waals surface area contributed by atoms with Crippen LogP contribution in [0.25, 0.3) is 11.2 Å². The topological polar surface area (TPSA) is 17.8 Å². The van der Waals surface area contributed by atoms with Crippen LogP contribution in [0.15, 0.2) is 36.9 Å². The van der Waals surface area contributed by atoms with Crippen LogP contribution in [0.1, 0.15) is 5.56 Å². The highest BCUT2D eigenvalue weighted by molar-refractivity contribution is 6.52. The maximum Gasteiger partial charge on any atom is 0.0987 e. The van der Waals surface area contributed by atoms with E-state index >= 15 is 0 Å². The minimum Gasteiger partial charge on any atom is -0.312 e. The van der Waals surface area contributed by atoms with Gasteiger partial charge in [-0.25, -0.2) is 4.98 Å². The highest BCUT2D eigenvalue weighted by Gasteiger charge is 2.04. The molecule has 0 saturated heterocycles. The van der Waals surface area contributed by atoms with Gasteiger partial charge in [0.1, 0.15) is 0 Å². The molecule has 0 saturated carbocycles. The van der Waals surface area contributed by atoms with Crippen LogP contribution < -0.4 is 0 Å². The fourth-order valence-corrected chi connectivity index (χ4v) is 2.07. The Labute approximate surface area is 108 Å². The van der Waals surface area contributed by atoms with Crippen LogP contribution in [0.3, 0.4) is 0 Å². The molecule has 2 aromatic rings. The van der Waals surface area contributed by atoms with Crippen LogP contribution in [0.4, 0.5) is 0 Å². The number of nitrogens with zero attached hydrogens (tertiary/aromatic N) is 2. The first-order valence-corrected chi connectivity index (χ1v) is 5.60. The van der Waals surface area contributed by atoms with Gasteiger partial charge in [0.25, 0.3) is 0 Å². The SMILES string of the molecule is Cl/C(=C\n1ccnc1)c1ccc(Cl)cc1Cl. The van der Waals surface area contributed by atoms with Crippen LogP contribution in [0.2, 0.25) is 10.0 Å². The number of halogens is 3. The van der Waals surface area contributed by atoms with E-state index in [1.165, 1.54) is 0 Å². The average molecular weight is 274 g/mol. The molecule has 0 unspecified atom stereocenters. The summed E-state index contributed by atoms with van der Waals surface area (Å²) in [4.78, 5) is 3.91. The number of rotatable bonds is 2. The molecular weight excluding hydrogens is 266 g/mol. The quantitative estimate of drug-likeness (QED) is 0.794. The number of benzene rings is 1. The van der Waals surface area contributed by atoms with Crippen molar-refractivity contribution in [3.63, 3.8) is 0 Å². The predicted octanol–water partition coefficient (Wildman–Crippen LogP) is 4.38. The lowest BCUT2D eigenvalue weighted by atomic mass is 10.2. The van der Waals surface area contributed by atoms with E-state index in [9.17, 15) is 0 Å². The zero-order chi connectivity index (χ0) is 11.5. The Morgan fingerprint density at radius 2 is 2.12 bits per heavy atom. The smallest absolute Gasteiger partial charge is 0.0987 e. The van der Waals surface area contributed by atoms with Crippen LogP contribution in [0.5, 0.6) is 0 Å². The third-order valence-corrected chi connectivity index (χ3v) is 2.82. The molecule has 1 aromatic carbocycles. The Kier molecular flexibility index (Phi) is 3.54. The van der Waals surface area contributed by atoms with E-state index in [4.69, 9.17) is 34.8 Å². The van der Waals surface area contributed by atoms with Crippen molar-refractivity contribution in [3.05, 3.63) is 52.5 Å². The van der Waals surface area contributed by atoms with Crippen LogP contribution in [0, 0.1) is 0 Å². The third-order valence-electron chi connectivity index (χ3n) is 1.98. The van der Waals surface area contributed by atoms with Gasteiger partial charge in [-0.15, -0.1) is 0 Å². The average Bonchev–Trinajstić information content (AvgIpc) is 2.70. The third kappa shape index (κ3) is 2.59. The van der Waals surface area contributed by atoms with Crippen molar-refractivity contribution in [1.82, 2.24) is 9.55 Å². The molecule has 16 heavy (non-hydrogen) atoms. The van der Waals surface area contributed by atoms with E-state index in [1.54, 1.807) is 47.7 Å². The van der Waals surface area contributed by atoms with Gasteiger partial charge in [-0.1, -0.05) is 40.9 Å². The zero-order valence-corrected chi connectivity index (χ0v) is 10.3. The Bertz CT molecular complexity index is 518. The molecule has 0 amide bonds. The molecule has 0 fully saturated rings. The van der Waals surface area contributed by atoms with Gasteiger partial charge in [-0.2, -0.15) is 0 Å². The first-order chi connectivity index (χ1) is 7.66.